The van der Waals surface area contributed by atoms with Crippen LogP contribution in [0.2, 0.25) is 0 Å². The lowest BCUT2D eigenvalue weighted by molar-refractivity contribution is -0.0507. The molecular weight excluding hydrogens is 470 g/mol. The van der Waals surface area contributed by atoms with Crippen LogP contribution in [0.4, 0.5) is 8.78 Å². The molecule has 11 heteroatoms. The summed E-state index contributed by atoms with van der Waals surface area (Å²) in [5.41, 5.74) is 3.51. The van der Waals surface area contributed by atoms with Gasteiger partial charge in [-0.2, -0.15) is 13.9 Å². The SMILES string of the molecule is O=C(NC1CC1)c1ccc(-c2ccc3nc4c(n3n2)C(c2ccccc2OC(F)F)NCC4O)cn1. The number of hydrogen-bond donors (Lipinski definition) is 3. The first-order valence-corrected chi connectivity index (χ1v) is 11.6. The number of pyridine rings is 1. The molecule has 184 valence electrons. The van der Waals surface area contributed by atoms with Gasteiger partial charge in [-0.1, -0.05) is 18.2 Å². The van der Waals surface area contributed by atoms with Crippen LogP contribution in [0.1, 0.15) is 52.4 Å². The molecule has 36 heavy (non-hydrogen) atoms. The number of ether oxygens (including phenoxy) is 1. The normalized spacial score (nSPS) is 19.3. The maximum absolute atomic E-state index is 13.1. The van der Waals surface area contributed by atoms with Gasteiger partial charge in [0.1, 0.15) is 17.5 Å². The van der Waals surface area contributed by atoms with Crippen molar-refractivity contribution in [2.45, 2.75) is 37.6 Å². The summed E-state index contributed by atoms with van der Waals surface area (Å²) in [4.78, 5) is 21.1. The molecule has 0 spiro atoms. The quantitative estimate of drug-likeness (QED) is 0.379. The summed E-state index contributed by atoms with van der Waals surface area (Å²) in [6, 6.07) is 13.1. The van der Waals surface area contributed by atoms with Crippen molar-refractivity contribution in [2.24, 2.45) is 0 Å². The van der Waals surface area contributed by atoms with E-state index >= 15 is 0 Å². The number of β-amino-alcohol motifs (C(OH)–C–C–N with tert-alkyl or cyclic N) is 1. The van der Waals surface area contributed by atoms with Crippen LogP contribution in [0.5, 0.6) is 5.75 Å². The number of rotatable bonds is 6. The van der Waals surface area contributed by atoms with Gasteiger partial charge >= 0.3 is 6.61 Å². The fourth-order valence-corrected chi connectivity index (χ4v) is 4.41. The van der Waals surface area contributed by atoms with Crippen LogP contribution in [0.15, 0.2) is 54.7 Å². The molecule has 1 fully saturated rings. The van der Waals surface area contributed by atoms with Crippen LogP contribution >= 0.6 is 0 Å². The summed E-state index contributed by atoms with van der Waals surface area (Å²) in [5.74, 6) is -0.175. The predicted octanol–water partition coefficient (Wildman–Crippen LogP) is 3.01. The lowest BCUT2D eigenvalue weighted by atomic mass is 9.96. The molecule has 2 aliphatic rings. The van der Waals surface area contributed by atoms with E-state index < -0.39 is 18.8 Å². The van der Waals surface area contributed by atoms with Crippen LogP contribution in [-0.4, -0.2) is 49.8 Å². The molecule has 1 aromatic carbocycles. The van der Waals surface area contributed by atoms with E-state index in [0.717, 1.165) is 12.8 Å². The summed E-state index contributed by atoms with van der Waals surface area (Å²) in [7, 11) is 0. The van der Waals surface area contributed by atoms with Crippen LogP contribution in [0.25, 0.3) is 16.9 Å². The molecule has 1 amide bonds. The third kappa shape index (κ3) is 4.16. The van der Waals surface area contributed by atoms with Crippen molar-refractivity contribution >= 4 is 11.6 Å². The van der Waals surface area contributed by atoms with E-state index in [4.69, 9.17) is 9.84 Å². The first-order valence-electron chi connectivity index (χ1n) is 11.6. The fraction of sp³-hybridized carbons (Fsp3) is 0.280. The number of aliphatic hydroxyl groups excluding tert-OH is 1. The Morgan fingerprint density at radius 1 is 1.17 bits per heavy atom. The van der Waals surface area contributed by atoms with Crippen molar-refractivity contribution in [1.82, 2.24) is 30.2 Å². The second-order valence-corrected chi connectivity index (χ2v) is 8.82. The van der Waals surface area contributed by atoms with E-state index in [2.05, 4.69) is 20.6 Å². The minimum Gasteiger partial charge on any atom is -0.434 e. The van der Waals surface area contributed by atoms with E-state index in [0.29, 0.717) is 39.5 Å². The molecule has 9 nitrogen and oxygen atoms in total. The highest BCUT2D eigenvalue weighted by Gasteiger charge is 2.34. The van der Waals surface area contributed by atoms with E-state index in [1.165, 1.54) is 6.07 Å². The molecule has 1 aliphatic carbocycles. The minimum absolute atomic E-state index is 0.0303. The Morgan fingerprint density at radius 3 is 2.75 bits per heavy atom. The number of halogens is 2. The summed E-state index contributed by atoms with van der Waals surface area (Å²) in [5, 5.41) is 21.4. The van der Waals surface area contributed by atoms with E-state index in [1.807, 2.05) is 0 Å². The van der Waals surface area contributed by atoms with Crippen molar-refractivity contribution < 1.29 is 23.4 Å². The standard InChI is InChI=1S/C25H22F2N6O3/c26-25(27)36-19-4-2-1-3-15(19)21-23-22(18(34)12-29-21)31-20-10-9-16(32-33(20)23)13-5-8-17(28-11-13)24(35)30-14-6-7-14/h1-5,8-11,14,18,21,25,29,34H,6-7,12H2,(H,30,35). The van der Waals surface area contributed by atoms with Crippen LogP contribution < -0.4 is 15.4 Å². The third-order valence-electron chi connectivity index (χ3n) is 6.30. The number of hydrogen-bond acceptors (Lipinski definition) is 7. The van der Waals surface area contributed by atoms with E-state index in [9.17, 15) is 18.7 Å². The summed E-state index contributed by atoms with van der Waals surface area (Å²) >= 11 is 0. The molecule has 4 heterocycles. The van der Waals surface area contributed by atoms with Crippen molar-refractivity contribution in [2.75, 3.05) is 6.54 Å². The molecular formula is C25H22F2N6O3. The van der Waals surface area contributed by atoms with Gasteiger partial charge in [-0.3, -0.25) is 9.78 Å². The lowest BCUT2D eigenvalue weighted by Gasteiger charge is -2.28. The predicted molar refractivity (Wildman–Crippen MR) is 125 cm³/mol. The number of fused-ring (bicyclic) bond motifs is 3. The van der Waals surface area contributed by atoms with Gasteiger partial charge in [0.05, 0.1) is 23.1 Å². The number of amides is 1. The lowest BCUT2D eigenvalue weighted by Crippen LogP contribution is -2.35. The number of aromatic nitrogens is 4. The van der Waals surface area contributed by atoms with Gasteiger partial charge < -0.3 is 20.5 Å². The Balaban J connectivity index is 1.40. The number of nitrogens with zero attached hydrogens (tertiary/aromatic N) is 4. The smallest absolute Gasteiger partial charge is 0.387 e. The molecule has 0 radical (unpaired) electrons. The summed E-state index contributed by atoms with van der Waals surface area (Å²) in [6.45, 7) is -2.79. The monoisotopic (exact) mass is 492 g/mol. The highest BCUT2D eigenvalue weighted by molar-refractivity contribution is 5.92. The van der Waals surface area contributed by atoms with Crippen molar-refractivity contribution in [3.05, 3.63) is 77.4 Å². The Hall–Kier alpha value is -3.96. The van der Waals surface area contributed by atoms with Gasteiger partial charge in [0, 0.05) is 29.9 Å². The Labute approximate surface area is 204 Å². The zero-order valence-electron chi connectivity index (χ0n) is 18.9. The number of alkyl halides is 2. The molecule has 1 saturated carbocycles. The van der Waals surface area contributed by atoms with Crippen LogP contribution in [0, 0.1) is 0 Å². The van der Waals surface area contributed by atoms with Crippen LogP contribution in [-0.2, 0) is 0 Å². The van der Waals surface area contributed by atoms with Gasteiger partial charge in [-0.05, 0) is 43.2 Å². The fourth-order valence-electron chi connectivity index (χ4n) is 4.41. The second kappa shape index (κ2) is 8.92. The number of nitrogens with one attached hydrogen (secondary N) is 2. The third-order valence-corrected chi connectivity index (χ3v) is 6.30. The van der Waals surface area contributed by atoms with Gasteiger partial charge in [0.25, 0.3) is 5.91 Å². The molecule has 3 aromatic heterocycles. The van der Waals surface area contributed by atoms with Gasteiger partial charge in [-0.25, -0.2) is 9.50 Å². The highest BCUT2D eigenvalue weighted by Crippen LogP contribution is 2.37. The van der Waals surface area contributed by atoms with Gasteiger partial charge in [0.2, 0.25) is 0 Å². The average Bonchev–Trinajstić information content (AvgIpc) is 3.61. The molecule has 0 saturated heterocycles. The van der Waals surface area contributed by atoms with E-state index in [1.54, 1.807) is 53.2 Å². The number of carbonyl (C=O) groups excluding carboxylic acids is 1. The number of benzene rings is 1. The Bertz CT molecular complexity index is 1440. The van der Waals surface area contributed by atoms with Crippen molar-refractivity contribution in [3.8, 4) is 17.0 Å². The number of carbonyl (C=O) groups is 1. The molecule has 1 aliphatic heterocycles. The molecule has 0 bridgehead atoms. The minimum atomic E-state index is -2.98. The molecule has 4 aromatic rings. The highest BCUT2D eigenvalue weighted by atomic mass is 19.3. The Kier molecular flexibility index (Phi) is 5.57. The molecule has 3 N–H and O–H groups in total. The van der Waals surface area contributed by atoms with Gasteiger partial charge in [0.15, 0.2) is 5.65 Å². The van der Waals surface area contributed by atoms with Crippen molar-refractivity contribution in [1.29, 1.82) is 0 Å². The second-order valence-electron chi connectivity index (χ2n) is 8.82. The van der Waals surface area contributed by atoms with Crippen LogP contribution in [0.3, 0.4) is 0 Å². The van der Waals surface area contributed by atoms with E-state index in [-0.39, 0.29) is 24.2 Å². The molecule has 6 rings (SSSR count). The van der Waals surface area contributed by atoms with Crippen molar-refractivity contribution in [3.63, 3.8) is 0 Å². The first-order chi connectivity index (χ1) is 17.5. The zero-order chi connectivity index (χ0) is 24.8. The maximum atomic E-state index is 13.1. The maximum Gasteiger partial charge on any atom is 0.387 e. The largest absolute Gasteiger partial charge is 0.434 e. The number of aliphatic hydroxyl groups is 1. The topological polar surface area (TPSA) is 114 Å². The molecule has 2 atom stereocenters. The zero-order valence-corrected chi connectivity index (χ0v) is 18.9. The number of para-hydroxylation sites is 1. The number of imidazole rings is 1. The summed E-state index contributed by atoms with van der Waals surface area (Å²) in [6.07, 6.45) is 2.67. The first kappa shape index (κ1) is 22.5. The van der Waals surface area contributed by atoms with Gasteiger partial charge in [-0.15, -0.1) is 0 Å². The molecule has 2 unspecified atom stereocenters. The summed E-state index contributed by atoms with van der Waals surface area (Å²) < 4.78 is 32.5. The Morgan fingerprint density at radius 2 is 2.00 bits per heavy atom. The average molecular weight is 492 g/mol.